The average molecular weight is 360 g/mol. The van der Waals surface area contributed by atoms with Crippen molar-refractivity contribution in [2.24, 2.45) is 11.8 Å². The van der Waals surface area contributed by atoms with E-state index < -0.39 is 5.54 Å². The topological polar surface area (TPSA) is 51.2 Å². The molecule has 0 saturated heterocycles. The lowest BCUT2D eigenvalue weighted by Crippen LogP contribution is -2.50. The van der Waals surface area contributed by atoms with Crippen LogP contribution in [-0.2, 0) is 4.74 Å². The van der Waals surface area contributed by atoms with Crippen molar-refractivity contribution in [2.75, 3.05) is 13.2 Å². The molecule has 1 unspecified atom stereocenters. The second-order valence-electron chi connectivity index (χ2n) is 8.06. The van der Waals surface area contributed by atoms with Crippen LogP contribution in [0.3, 0.4) is 0 Å². The molecule has 1 atom stereocenters. The first kappa shape index (κ1) is 20.3. The van der Waals surface area contributed by atoms with Gasteiger partial charge in [-0.05, 0) is 37.3 Å². The van der Waals surface area contributed by atoms with Gasteiger partial charge in [0.1, 0.15) is 11.3 Å². The molecule has 2 aromatic rings. The zero-order chi connectivity index (χ0) is 19.3. The molecule has 5 heteroatoms. The number of carbonyl (C=O) groups excluding carboxylic acids is 1. The summed E-state index contributed by atoms with van der Waals surface area (Å²) in [7, 11) is 0. The number of hydrogen-bond donors (Lipinski definition) is 1. The average Bonchev–Trinajstić information content (AvgIpc) is 2.53. The highest BCUT2D eigenvalue weighted by Crippen LogP contribution is 2.20. The monoisotopic (exact) mass is 360 g/mol. The summed E-state index contributed by atoms with van der Waals surface area (Å²) < 4.78 is 19.6. The second-order valence-corrected chi connectivity index (χ2v) is 8.06. The number of carbonyl (C=O) groups is 1. The molecule has 1 aromatic carbocycles. The maximum Gasteiger partial charge on any atom is 0.253 e. The Morgan fingerprint density at radius 2 is 2.00 bits per heavy atom. The quantitative estimate of drug-likeness (QED) is 0.749. The van der Waals surface area contributed by atoms with Gasteiger partial charge in [-0.2, -0.15) is 0 Å². The third kappa shape index (κ3) is 5.49. The van der Waals surface area contributed by atoms with Gasteiger partial charge in [-0.25, -0.2) is 4.39 Å². The van der Waals surface area contributed by atoms with Crippen molar-refractivity contribution >= 4 is 16.8 Å². The van der Waals surface area contributed by atoms with E-state index in [0.717, 1.165) is 6.42 Å². The Morgan fingerprint density at radius 3 is 2.65 bits per heavy atom. The van der Waals surface area contributed by atoms with E-state index in [9.17, 15) is 9.18 Å². The van der Waals surface area contributed by atoms with Crippen LogP contribution in [0.1, 0.15) is 51.4 Å². The molecule has 142 valence electrons. The number of nitrogens with zero attached hydrogens (tertiary/aromatic N) is 1. The zero-order valence-corrected chi connectivity index (χ0v) is 16.3. The fourth-order valence-corrected chi connectivity index (χ4v) is 3.16. The molecule has 1 N–H and O–H groups in total. The first-order chi connectivity index (χ1) is 12.2. The number of ether oxygens (including phenoxy) is 1. The van der Waals surface area contributed by atoms with E-state index in [1.165, 1.54) is 12.3 Å². The van der Waals surface area contributed by atoms with Gasteiger partial charge >= 0.3 is 0 Å². The lowest BCUT2D eigenvalue weighted by Gasteiger charge is -2.32. The zero-order valence-electron chi connectivity index (χ0n) is 16.3. The van der Waals surface area contributed by atoms with Crippen molar-refractivity contribution in [1.82, 2.24) is 10.3 Å². The summed E-state index contributed by atoms with van der Waals surface area (Å²) in [5.41, 5.74) is 0.216. The molecule has 0 fully saturated rings. The molecule has 0 aliphatic rings. The van der Waals surface area contributed by atoms with Gasteiger partial charge in [-0.3, -0.25) is 9.78 Å². The van der Waals surface area contributed by atoms with E-state index >= 15 is 0 Å². The Kier molecular flexibility index (Phi) is 6.70. The van der Waals surface area contributed by atoms with Gasteiger partial charge in [0.15, 0.2) is 0 Å². The molecule has 0 bridgehead atoms. The predicted octanol–water partition coefficient (Wildman–Crippen LogP) is 4.58. The van der Waals surface area contributed by atoms with Gasteiger partial charge in [0.25, 0.3) is 5.91 Å². The minimum absolute atomic E-state index is 0.222. The maximum absolute atomic E-state index is 13.8. The van der Waals surface area contributed by atoms with Crippen LogP contribution in [0.15, 0.2) is 30.5 Å². The number of pyridine rings is 1. The lowest BCUT2D eigenvalue weighted by molar-refractivity contribution is 0.0460. The summed E-state index contributed by atoms with van der Waals surface area (Å²) in [4.78, 5) is 16.9. The summed E-state index contributed by atoms with van der Waals surface area (Å²) in [6.07, 6.45) is 2.22. The van der Waals surface area contributed by atoms with E-state index in [2.05, 4.69) is 38.0 Å². The molecule has 1 heterocycles. The van der Waals surface area contributed by atoms with Crippen LogP contribution in [-0.4, -0.2) is 29.6 Å². The van der Waals surface area contributed by atoms with E-state index in [0.29, 0.717) is 36.0 Å². The van der Waals surface area contributed by atoms with Crippen LogP contribution in [0.2, 0.25) is 0 Å². The highest BCUT2D eigenvalue weighted by molar-refractivity contribution is 5.97. The lowest BCUT2D eigenvalue weighted by atomic mass is 9.91. The smallest absolute Gasteiger partial charge is 0.253 e. The summed E-state index contributed by atoms with van der Waals surface area (Å²) in [6.45, 7) is 11.5. The molecule has 0 aliphatic carbocycles. The molecule has 2 rings (SSSR count). The number of nitrogens with one attached hydrogen (secondary N) is 1. The maximum atomic E-state index is 13.8. The summed E-state index contributed by atoms with van der Waals surface area (Å²) >= 11 is 0. The summed E-state index contributed by atoms with van der Waals surface area (Å²) in [5, 5.41) is 3.71. The Morgan fingerprint density at radius 1 is 1.27 bits per heavy atom. The number of fused-ring (bicyclic) bond motifs is 1. The van der Waals surface area contributed by atoms with Crippen molar-refractivity contribution in [2.45, 2.75) is 46.6 Å². The van der Waals surface area contributed by atoms with Gasteiger partial charge < -0.3 is 10.1 Å². The SMILES string of the molecule is CC(C)COCC(C)(CC(C)C)NC(=O)c1cnc2c(F)cccc2c1. The standard InChI is InChI=1S/C21H29FN2O2/c1-14(2)10-21(5,13-26-12-15(3)4)24-20(25)17-9-16-7-6-8-18(22)19(16)23-11-17/h6-9,11,14-15H,10,12-13H2,1-5H3,(H,24,25). The van der Waals surface area contributed by atoms with Gasteiger partial charge in [0, 0.05) is 18.2 Å². The van der Waals surface area contributed by atoms with Crippen LogP contribution in [0, 0.1) is 17.7 Å². The van der Waals surface area contributed by atoms with Crippen LogP contribution >= 0.6 is 0 Å². The summed E-state index contributed by atoms with van der Waals surface area (Å²) in [5.74, 6) is 0.238. The normalized spacial score (nSPS) is 14.0. The number of aromatic nitrogens is 1. The third-order valence-electron chi connectivity index (χ3n) is 4.07. The fraction of sp³-hybridized carbons (Fsp3) is 0.524. The third-order valence-corrected chi connectivity index (χ3v) is 4.07. The first-order valence-corrected chi connectivity index (χ1v) is 9.15. The predicted molar refractivity (Wildman–Crippen MR) is 103 cm³/mol. The van der Waals surface area contributed by atoms with Crippen molar-refractivity contribution < 1.29 is 13.9 Å². The molecular weight excluding hydrogens is 331 g/mol. The van der Waals surface area contributed by atoms with E-state index in [1.807, 2.05) is 6.92 Å². The van der Waals surface area contributed by atoms with Crippen molar-refractivity contribution in [3.63, 3.8) is 0 Å². The molecule has 1 amide bonds. The number of para-hydroxylation sites is 1. The molecule has 4 nitrogen and oxygen atoms in total. The number of rotatable bonds is 8. The molecule has 0 aliphatic heterocycles. The van der Waals surface area contributed by atoms with Gasteiger partial charge in [0.05, 0.1) is 17.7 Å². The van der Waals surface area contributed by atoms with Crippen molar-refractivity contribution in [3.8, 4) is 0 Å². The largest absolute Gasteiger partial charge is 0.379 e. The molecule has 26 heavy (non-hydrogen) atoms. The molecular formula is C21H29FN2O2. The number of amides is 1. The van der Waals surface area contributed by atoms with E-state index in [-0.39, 0.29) is 17.2 Å². The van der Waals surface area contributed by atoms with Crippen LogP contribution in [0.4, 0.5) is 4.39 Å². The molecule has 0 saturated carbocycles. The van der Waals surface area contributed by atoms with Crippen LogP contribution in [0.25, 0.3) is 10.9 Å². The number of benzene rings is 1. The Bertz CT molecular complexity index is 761. The first-order valence-electron chi connectivity index (χ1n) is 9.15. The van der Waals surface area contributed by atoms with E-state index in [1.54, 1.807) is 18.2 Å². The molecule has 0 spiro atoms. The van der Waals surface area contributed by atoms with Gasteiger partial charge in [-0.1, -0.05) is 39.8 Å². The van der Waals surface area contributed by atoms with Crippen LogP contribution < -0.4 is 5.32 Å². The number of hydrogen-bond acceptors (Lipinski definition) is 3. The van der Waals surface area contributed by atoms with Gasteiger partial charge in [-0.15, -0.1) is 0 Å². The van der Waals surface area contributed by atoms with E-state index in [4.69, 9.17) is 4.74 Å². The highest BCUT2D eigenvalue weighted by Gasteiger charge is 2.28. The number of halogens is 1. The van der Waals surface area contributed by atoms with Crippen molar-refractivity contribution in [3.05, 3.63) is 41.8 Å². The minimum Gasteiger partial charge on any atom is -0.379 e. The second kappa shape index (κ2) is 8.58. The molecule has 0 radical (unpaired) electrons. The minimum atomic E-state index is -0.475. The van der Waals surface area contributed by atoms with Crippen LogP contribution in [0.5, 0.6) is 0 Å². The summed E-state index contributed by atoms with van der Waals surface area (Å²) in [6, 6.07) is 6.40. The Labute approximate surface area is 155 Å². The Hall–Kier alpha value is -2.01. The van der Waals surface area contributed by atoms with Crippen molar-refractivity contribution in [1.29, 1.82) is 0 Å². The highest BCUT2D eigenvalue weighted by atomic mass is 19.1. The molecule has 1 aromatic heterocycles. The van der Waals surface area contributed by atoms with Gasteiger partial charge in [0.2, 0.25) is 0 Å². The Balaban J connectivity index is 2.17. The fourth-order valence-electron chi connectivity index (χ4n) is 3.16.